The molecule has 4 rings (SSSR count). The fourth-order valence-corrected chi connectivity index (χ4v) is 4.45. The van der Waals surface area contributed by atoms with E-state index in [-0.39, 0.29) is 30.7 Å². The van der Waals surface area contributed by atoms with Gasteiger partial charge in [0.05, 0.1) is 6.61 Å². The molecule has 0 aliphatic carbocycles. The standard InChI is InChI=1S/C19H23N3O2S.2ClH/c1-2-24-16-7-3-13(4-8-16)18-21-17(12-25-18)19(23)22-10-9-14-5-6-15(11-22)20-14;;/h3-4,7-8,12,14-15,20H,2,5-6,9-11H2,1H3;2*1H. The van der Waals surface area contributed by atoms with Crippen LogP contribution in [-0.4, -0.2) is 47.6 Å². The number of carbonyl (C=O) groups excluding carboxylic acids is 1. The highest BCUT2D eigenvalue weighted by molar-refractivity contribution is 7.13. The van der Waals surface area contributed by atoms with Crippen LogP contribution in [0.1, 0.15) is 36.7 Å². The van der Waals surface area contributed by atoms with Gasteiger partial charge in [-0.15, -0.1) is 36.2 Å². The second-order valence-corrected chi connectivity index (χ2v) is 7.53. The Balaban J connectivity index is 0.00000131. The molecule has 0 spiro atoms. The maximum atomic E-state index is 12.8. The second kappa shape index (κ2) is 9.73. The van der Waals surface area contributed by atoms with Gasteiger partial charge < -0.3 is 15.0 Å². The number of hydrogen-bond acceptors (Lipinski definition) is 5. The molecule has 1 N–H and O–H groups in total. The van der Waals surface area contributed by atoms with E-state index in [2.05, 4.69) is 10.3 Å². The Morgan fingerprint density at radius 2 is 1.96 bits per heavy atom. The van der Waals surface area contributed by atoms with E-state index in [0.717, 1.165) is 35.8 Å². The second-order valence-electron chi connectivity index (χ2n) is 6.67. The molecule has 0 radical (unpaired) electrons. The lowest BCUT2D eigenvalue weighted by Gasteiger charge is -2.23. The van der Waals surface area contributed by atoms with Crippen molar-refractivity contribution < 1.29 is 9.53 Å². The third-order valence-corrected chi connectivity index (χ3v) is 5.84. The Morgan fingerprint density at radius 1 is 1.22 bits per heavy atom. The van der Waals surface area contributed by atoms with Gasteiger partial charge in [0.2, 0.25) is 0 Å². The Bertz CT molecular complexity index is 754. The van der Waals surface area contributed by atoms with Gasteiger partial charge in [-0.05, 0) is 50.5 Å². The van der Waals surface area contributed by atoms with Crippen molar-refractivity contribution in [1.82, 2.24) is 15.2 Å². The third kappa shape index (κ3) is 4.93. The van der Waals surface area contributed by atoms with E-state index in [1.165, 1.54) is 24.2 Å². The smallest absolute Gasteiger partial charge is 0.273 e. The monoisotopic (exact) mass is 429 g/mol. The van der Waals surface area contributed by atoms with Crippen molar-refractivity contribution in [3.8, 4) is 16.3 Å². The van der Waals surface area contributed by atoms with E-state index >= 15 is 0 Å². The highest BCUT2D eigenvalue weighted by Gasteiger charge is 2.32. The van der Waals surface area contributed by atoms with E-state index in [9.17, 15) is 4.79 Å². The van der Waals surface area contributed by atoms with Crippen molar-refractivity contribution in [2.75, 3.05) is 19.7 Å². The maximum Gasteiger partial charge on any atom is 0.273 e. The van der Waals surface area contributed by atoms with Gasteiger partial charge in [-0.1, -0.05) is 0 Å². The minimum Gasteiger partial charge on any atom is -0.494 e. The number of thiazole rings is 1. The van der Waals surface area contributed by atoms with E-state index in [0.29, 0.717) is 24.4 Å². The highest BCUT2D eigenvalue weighted by atomic mass is 35.5. The Labute approximate surface area is 176 Å². The number of carbonyl (C=O) groups is 1. The summed E-state index contributed by atoms with van der Waals surface area (Å²) >= 11 is 1.52. The minimum absolute atomic E-state index is 0. The SMILES string of the molecule is CCOc1ccc(-c2nc(C(=O)N3CCC4CCC(C3)N4)cs2)cc1.Cl.Cl. The van der Waals surface area contributed by atoms with Crippen LogP contribution in [0, 0.1) is 0 Å². The summed E-state index contributed by atoms with van der Waals surface area (Å²) in [7, 11) is 0. The normalized spacial score (nSPS) is 21.0. The minimum atomic E-state index is 0. The molecule has 148 valence electrons. The Kier molecular flexibility index (Phi) is 7.91. The number of halogens is 2. The van der Waals surface area contributed by atoms with Crippen LogP contribution >= 0.6 is 36.2 Å². The van der Waals surface area contributed by atoms with Gasteiger partial charge >= 0.3 is 0 Å². The molecule has 2 aromatic rings. The molecule has 27 heavy (non-hydrogen) atoms. The Morgan fingerprint density at radius 3 is 2.70 bits per heavy atom. The maximum absolute atomic E-state index is 12.8. The fraction of sp³-hybridized carbons (Fsp3) is 0.474. The molecule has 5 nitrogen and oxygen atoms in total. The summed E-state index contributed by atoms with van der Waals surface area (Å²) in [6.07, 6.45) is 3.45. The molecule has 1 aromatic heterocycles. The van der Waals surface area contributed by atoms with E-state index in [1.54, 1.807) is 0 Å². The van der Waals surface area contributed by atoms with Gasteiger partial charge in [0.15, 0.2) is 0 Å². The Hall–Kier alpha value is -1.34. The molecule has 2 saturated heterocycles. The topological polar surface area (TPSA) is 54.5 Å². The molecule has 2 atom stereocenters. The average Bonchev–Trinajstić information content (AvgIpc) is 3.22. The van der Waals surface area contributed by atoms with Gasteiger partial charge in [-0.2, -0.15) is 0 Å². The zero-order valence-electron chi connectivity index (χ0n) is 15.2. The molecule has 2 bridgehead atoms. The zero-order valence-corrected chi connectivity index (χ0v) is 17.7. The lowest BCUT2D eigenvalue weighted by Crippen LogP contribution is -2.39. The predicted octanol–water partition coefficient (Wildman–Crippen LogP) is 4.02. The third-order valence-electron chi connectivity index (χ3n) is 4.95. The van der Waals surface area contributed by atoms with Crippen molar-refractivity contribution in [1.29, 1.82) is 0 Å². The van der Waals surface area contributed by atoms with Crippen LogP contribution in [0.2, 0.25) is 0 Å². The largest absolute Gasteiger partial charge is 0.494 e. The van der Waals surface area contributed by atoms with Crippen LogP contribution < -0.4 is 10.1 Å². The molecule has 2 unspecified atom stereocenters. The van der Waals surface area contributed by atoms with Crippen molar-refractivity contribution in [3.63, 3.8) is 0 Å². The van der Waals surface area contributed by atoms with Crippen molar-refractivity contribution >= 4 is 42.1 Å². The summed E-state index contributed by atoms with van der Waals surface area (Å²) in [6.45, 7) is 4.24. The number of hydrogen-bond donors (Lipinski definition) is 1. The molecule has 3 heterocycles. The number of nitrogens with zero attached hydrogens (tertiary/aromatic N) is 2. The number of ether oxygens (including phenoxy) is 1. The van der Waals surface area contributed by atoms with Crippen LogP contribution in [0.25, 0.3) is 10.6 Å². The highest BCUT2D eigenvalue weighted by Crippen LogP contribution is 2.27. The molecular formula is C19H25Cl2N3O2S. The van der Waals surface area contributed by atoms with Crippen molar-refractivity contribution in [2.24, 2.45) is 0 Å². The summed E-state index contributed by atoms with van der Waals surface area (Å²) in [5, 5.41) is 6.37. The van der Waals surface area contributed by atoms with Gasteiger partial charge in [0.1, 0.15) is 16.5 Å². The summed E-state index contributed by atoms with van der Waals surface area (Å²) < 4.78 is 5.47. The van der Waals surface area contributed by atoms with Crippen molar-refractivity contribution in [2.45, 2.75) is 38.3 Å². The number of nitrogens with one attached hydrogen (secondary N) is 1. The summed E-state index contributed by atoms with van der Waals surface area (Å²) in [4.78, 5) is 19.4. The van der Waals surface area contributed by atoms with E-state index < -0.39 is 0 Å². The first-order valence-electron chi connectivity index (χ1n) is 8.97. The summed E-state index contributed by atoms with van der Waals surface area (Å²) in [6, 6.07) is 8.90. The lowest BCUT2D eigenvalue weighted by molar-refractivity contribution is 0.0743. The molecular weight excluding hydrogens is 405 g/mol. The van der Waals surface area contributed by atoms with Crippen LogP contribution in [0.5, 0.6) is 5.75 Å². The number of amides is 1. The van der Waals surface area contributed by atoms with E-state index in [4.69, 9.17) is 4.74 Å². The average molecular weight is 430 g/mol. The first-order valence-corrected chi connectivity index (χ1v) is 9.85. The zero-order chi connectivity index (χ0) is 17.2. The molecule has 0 saturated carbocycles. The molecule has 1 amide bonds. The lowest BCUT2D eigenvalue weighted by atomic mass is 10.1. The molecule has 2 fully saturated rings. The summed E-state index contributed by atoms with van der Waals surface area (Å²) in [5.74, 6) is 0.911. The number of aromatic nitrogens is 1. The first kappa shape index (κ1) is 22.0. The van der Waals surface area contributed by atoms with Crippen LogP contribution in [0.4, 0.5) is 0 Å². The van der Waals surface area contributed by atoms with Crippen molar-refractivity contribution in [3.05, 3.63) is 35.3 Å². The fourth-order valence-electron chi connectivity index (χ4n) is 3.65. The number of benzene rings is 1. The van der Waals surface area contributed by atoms with Crippen LogP contribution in [-0.2, 0) is 0 Å². The van der Waals surface area contributed by atoms with Gasteiger partial charge in [0.25, 0.3) is 5.91 Å². The molecule has 1 aromatic carbocycles. The number of likely N-dealkylation sites (tertiary alicyclic amines) is 1. The first-order chi connectivity index (χ1) is 12.2. The van der Waals surface area contributed by atoms with Gasteiger partial charge in [-0.3, -0.25) is 4.79 Å². The predicted molar refractivity (Wildman–Crippen MR) is 114 cm³/mol. The molecule has 2 aliphatic heterocycles. The van der Waals surface area contributed by atoms with Gasteiger partial charge in [-0.25, -0.2) is 4.98 Å². The van der Waals surface area contributed by atoms with Crippen LogP contribution in [0.15, 0.2) is 29.6 Å². The van der Waals surface area contributed by atoms with E-state index in [1.807, 2.05) is 41.5 Å². The van der Waals surface area contributed by atoms with Crippen LogP contribution in [0.3, 0.4) is 0 Å². The summed E-state index contributed by atoms with van der Waals surface area (Å²) in [5.41, 5.74) is 1.58. The molecule has 8 heteroatoms. The van der Waals surface area contributed by atoms with Gasteiger partial charge in [0, 0.05) is 36.1 Å². The molecule has 2 aliphatic rings. The number of rotatable bonds is 4. The quantitative estimate of drug-likeness (QED) is 0.796. The number of fused-ring (bicyclic) bond motifs is 2.